The molecule has 4 nitrogen and oxygen atoms in total. The van der Waals surface area contributed by atoms with E-state index < -0.39 is 0 Å². The van der Waals surface area contributed by atoms with Gasteiger partial charge >= 0.3 is 0 Å². The van der Waals surface area contributed by atoms with Crippen LogP contribution in [-0.2, 0) is 12.8 Å². The van der Waals surface area contributed by atoms with Gasteiger partial charge < -0.3 is 19.6 Å². The second kappa shape index (κ2) is 16.1. The van der Waals surface area contributed by atoms with Gasteiger partial charge in [-0.3, -0.25) is 0 Å². The van der Waals surface area contributed by atoms with Crippen molar-refractivity contribution in [3.8, 4) is 20.9 Å². The summed E-state index contributed by atoms with van der Waals surface area (Å²) in [5.41, 5.74) is 29.3. The highest BCUT2D eigenvalue weighted by atomic mass is 32.2. The Bertz CT molecular complexity index is 4120. The molecule has 0 saturated carbocycles. The Morgan fingerprint density at radius 3 is 1.45 bits per heavy atom. The molecule has 17 rings (SSSR count). The number of nitrogens with zero attached hydrogens (tertiary/aromatic N) is 4. The van der Waals surface area contributed by atoms with Gasteiger partial charge in [0.05, 0.1) is 55.3 Å². The van der Waals surface area contributed by atoms with Crippen molar-refractivity contribution >= 4 is 149 Å². The van der Waals surface area contributed by atoms with Crippen molar-refractivity contribution in [1.82, 2.24) is 0 Å². The Hall–Kier alpha value is -7.29. The molecule has 0 saturated heterocycles. The number of hydrogen-bond acceptors (Lipinski definition) is 7. The summed E-state index contributed by atoms with van der Waals surface area (Å²) >= 11 is 5.89. The number of benzene rings is 9. The van der Waals surface area contributed by atoms with Crippen molar-refractivity contribution in [3.05, 3.63) is 193 Å². The molecule has 8 heterocycles. The van der Waals surface area contributed by atoms with E-state index in [0.29, 0.717) is 0 Å². The average Bonchev–Trinajstić information content (AvgIpc) is 4.05. The number of para-hydroxylation sites is 2. The van der Waals surface area contributed by atoms with Crippen molar-refractivity contribution in [3.63, 3.8) is 0 Å². The smallest absolute Gasteiger partial charge is 0.252 e. The number of aryl methyl sites for hydroxylation is 2. The van der Waals surface area contributed by atoms with Crippen LogP contribution in [0.25, 0.3) is 20.9 Å². The Balaban J connectivity index is 1.01. The number of unbranched alkanes of at least 4 members (excludes halogenated alkanes) is 2. The molecular formula is C66H48B2N4S3. The first kappa shape index (κ1) is 43.0. The number of thiophene rings is 1. The van der Waals surface area contributed by atoms with Crippen LogP contribution < -0.4 is 52.4 Å². The standard InChI is InChI=1S/C66H48B2N4S3/c1-3-5-19-39-37-46-58-55(38-39)73-53-31-15-13-25-47(53)69(58)49-27-17-30-52-57(49)68(46)44-36-35-43-59-60(44)72(52)63-62(65(40-21-9-7-10-22-40)75-66(63)41-23-11-8-12-24-41)71(59)51-29-18-28-50-56(51)67(43)45-34-33-42(20-6-4-2)64-61(45)70(50)48-26-14-16-32-54(48)74-64/h7-18,21-38H,3-6,19-20H2,1-2H3. The van der Waals surface area contributed by atoms with Crippen molar-refractivity contribution in [2.45, 2.75) is 72.0 Å². The van der Waals surface area contributed by atoms with E-state index >= 15 is 0 Å². The molecule has 0 N–H and O–H groups in total. The van der Waals surface area contributed by atoms with Crippen LogP contribution in [0.2, 0.25) is 0 Å². The van der Waals surface area contributed by atoms with Crippen LogP contribution >= 0.6 is 34.9 Å². The van der Waals surface area contributed by atoms with E-state index in [1.807, 2.05) is 34.9 Å². The Labute approximate surface area is 451 Å². The third-order valence-corrected chi connectivity index (χ3v) is 20.6. The molecule has 1 aromatic heterocycles. The SMILES string of the molecule is CCCCc1cc2c3c(c1)B1c4ccc5c6c4N(c4cccc(c41)N3c1ccccc1S2)c1c(-c2ccccc2)sc(-c2ccccc2)c1N6c1cccc2c1B5c1ccc(CCCC)c3c1N2c1ccccc1S3. The molecule has 0 bridgehead atoms. The van der Waals surface area contributed by atoms with Gasteiger partial charge in [-0.05, 0) is 135 Å². The number of fused-ring (bicyclic) bond motifs is 15. The molecule has 0 fully saturated rings. The summed E-state index contributed by atoms with van der Waals surface area (Å²) in [7, 11) is 0. The van der Waals surface area contributed by atoms with Crippen LogP contribution in [0.3, 0.4) is 0 Å². The molecule has 7 aliphatic heterocycles. The van der Waals surface area contributed by atoms with E-state index in [0.717, 1.165) is 12.8 Å². The Morgan fingerprint density at radius 1 is 0.373 bits per heavy atom. The van der Waals surface area contributed by atoms with Gasteiger partial charge in [-0.2, -0.15) is 0 Å². The summed E-state index contributed by atoms with van der Waals surface area (Å²) in [6.45, 7) is 4.68. The summed E-state index contributed by atoms with van der Waals surface area (Å²) in [6, 6.07) is 70.4. The first-order valence-corrected chi connectivity index (χ1v) is 29.4. The molecule has 75 heavy (non-hydrogen) atoms. The van der Waals surface area contributed by atoms with Crippen molar-refractivity contribution in [1.29, 1.82) is 0 Å². The zero-order valence-electron chi connectivity index (χ0n) is 41.7. The van der Waals surface area contributed by atoms with E-state index in [9.17, 15) is 0 Å². The zero-order valence-corrected chi connectivity index (χ0v) is 44.2. The van der Waals surface area contributed by atoms with E-state index in [-0.39, 0.29) is 13.4 Å². The molecule has 0 aliphatic carbocycles. The van der Waals surface area contributed by atoms with Gasteiger partial charge in [0, 0.05) is 42.3 Å². The molecule has 0 radical (unpaired) electrons. The lowest BCUT2D eigenvalue weighted by molar-refractivity contribution is 0.785. The number of rotatable bonds is 8. The zero-order chi connectivity index (χ0) is 49.2. The molecule has 0 atom stereocenters. The minimum Gasteiger partial charge on any atom is -0.309 e. The predicted molar refractivity (Wildman–Crippen MR) is 322 cm³/mol. The predicted octanol–water partition coefficient (Wildman–Crippen LogP) is 15.2. The van der Waals surface area contributed by atoms with Crippen LogP contribution in [0.15, 0.2) is 202 Å². The topological polar surface area (TPSA) is 13.0 Å². The maximum Gasteiger partial charge on any atom is 0.252 e. The lowest BCUT2D eigenvalue weighted by Gasteiger charge is -2.52. The molecule has 0 spiro atoms. The molecule has 0 amide bonds. The first-order valence-electron chi connectivity index (χ1n) is 27.0. The summed E-state index contributed by atoms with van der Waals surface area (Å²) in [5.74, 6) is 0. The van der Waals surface area contributed by atoms with Gasteiger partial charge in [0.15, 0.2) is 0 Å². The van der Waals surface area contributed by atoms with Crippen molar-refractivity contribution < 1.29 is 0 Å². The van der Waals surface area contributed by atoms with Crippen LogP contribution in [0.1, 0.15) is 50.7 Å². The fraction of sp³-hybridized carbons (Fsp3) is 0.121. The van der Waals surface area contributed by atoms with Crippen molar-refractivity contribution in [2.75, 3.05) is 19.6 Å². The van der Waals surface area contributed by atoms with Crippen LogP contribution in [0.4, 0.5) is 68.2 Å². The molecule has 0 unspecified atom stereocenters. The number of hydrogen-bond donors (Lipinski definition) is 0. The van der Waals surface area contributed by atoms with Gasteiger partial charge in [-0.1, -0.05) is 178 Å². The summed E-state index contributed by atoms with van der Waals surface area (Å²) in [5, 5.41) is 0. The highest BCUT2D eigenvalue weighted by Crippen LogP contribution is 2.66. The van der Waals surface area contributed by atoms with E-state index in [1.165, 1.54) is 178 Å². The molecule has 9 aromatic carbocycles. The normalized spacial score (nSPS) is 14.6. The Morgan fingerprint density at radius 2 is 0.853 bits per heavy atom. The molecule has 10 aromatic rings. The second-order valence-electron chi connectivity index (χ2n) is 21.1. The highest BCUT2D eigenvalue weighted by Gasteiger charge is 2.54. The highest BCUT2D eigenvalue weighted by molar-refractivity contribution is 8.00. The largest absolute Gasteiger partial charge is 0.309 e. The third kappa shape index (κ3) is 5.73. The van der Waals surface area contributed by atoms with Crippen molar-refractivity contribution in [2.24, 2.45) is 0 Å². The molecular weight excluding hydrogens is 967 g/mol. The van der Waals surface area contributed by atoms with Gasteiger partial charge in [0.1, 0.15) is 0 Å². The molecule has 7 aliphatic rings. The first-order chi connectivity index (χ1) is 37.2. The van der Waals surface area contributed by atoms with E-state index in [2.05, 4.69) is 215 Å². The summed E-state index contributed by atoms with van der Waals surface area (Å²) in [4.78, 5) is 18.8. The molecule has 9 heteroatoms. The lowest BCUT2D eigenvalue weighted by Crippen LogP contribution is -2.65. The maximum atomic E-state index is 2.76. The Kier molecular flexibility index (Phi) is 9.24. The van der Waals surface area contributed by atoms with E-state index in [1.54, 1.807) is 0 Å². The third-order valence-electron chi connectivity index (χ3n) is 17.1. The summed E-state index contributed by atoms with van der Waals surface area (Å²) < 4.78 is 0. The fourth-order valence-electron chi connectivity index (χ4n) is 14.0. The van der Waals surface area contributed by atoms with Crippen LogP contribution in [-0.4, -0.2) is 13.4 Å². The minimum atomic E-state index is 0.0206. The quantitative estimate of drug-likeness (QED) is 0.140. The molecule has 356 valence electrons. The van der Waals surface area contributed by atoms with Gasteiger partial charge in [0.25, 0.3) is 13.4 Å². The number of anilines is 12. The van der Waals surface area contributed by atoms with Crippen LogP contribution in [0.5, 0.6) is 0 Å². The maximum absolute atomic E-state index is 2.76. The lowest BCUT2D eigenvalue weighted by atomic mass is 9.31. The fourth-order valence-corrected chi connectivity index (χ4v) is 17.7. The van der Waals surface area contributed by atoms with Gasteiger partial charge in [-0.15, -0.1) is 11.3 Å². The monoisotopic (exact) mass is 1010 g/mol. The minimum absolute atomic E-state index is 0.0206. The van der Waals surface area contributed by atoms with E-state index in [4.69, 9.17) is 0 Å². The second-order valence-corrected chi connectivity index (χ2v) is 24.3. The van der Waals surface area contributed by atoms with Crippen LogP contribution in [0, 0.1) is 0 Å². The average molecular weight is 1010 g/mol. The van der Waals surface area contributed by atoms with Gasteiger partial charge in [-0.25, -0.2) is 0 Å². The van der Waals surface area contributed by atoms with Gasteiger partial charge in [0.2, 0.25) is 0 Å². The summed E-state index contributed by atoms with van der Waals surface area (Å²) in [6.07, 6.45) is 6.83.